The summed E-state index contributed by atoms with van der Waals surface area (Å²) in [5.41, 5.74) is 7.51. The minimum atomic E-state index is -0.452. The summed E-state index contributed by atoms with van der Waals surface area (Å²) in [6.07, 6.45) is 7.15. The molecular formula is C18H19N7O. The SMILES string of the molecule is NC(=O)c1cccnc1N1CCC(n2cc(-c3ccccn3)nn2)CC1. The van der Waals surface area contributed by atoms with E-state index in [0.717, 1.165) is 37.3 Å². The fourth-order valence-corrected chi connectivity index (χ4v) is 3.27. The fourth-order valence-electron chi connectivity index (χ4n) is 3.27. The number of primary amides is 1. The topological polar surface area (TPSA) is 103 Å². The molecule has 3 aromatic rings. The molecule has 1 aliphatic rings. The van der Waals surface area contributed by atoms with Gasteiger partial charge in [0.25, 0.3) is 5.91 Å². The molecule has 8 heteroatoms. The van der Waals surface area contributed by atoms with E-state index in [1.165, 1.54) is 0 Å². The van der Waals surface area contributed by atoms with Gasteiger partial charge >= 0.3 is 0 Å². The van der Waals surface area contributed by atoms with E-state index in [2.05, 4.69) is 25.2 Å². The van der Waals surface area contributed by atoms with Crippen molar-refractivity contribution in [1.29, 1.82) is 0 Å². The molecule has 1 fully saturated rings. The highest BCUT2D eigenvalue weighted by atomic mass is 16.1. The van der Waals surface area contributed by atoms with E-state index in [1.54, 1.807) is 24.5 Å². The minimum Gasteiger partial charge on any atom is -0.365 e. The normalized spacial score (nSPS) is 15.2. The standard InChI is InChI=1S/C18H19N7O/c19-17(26)14-4-3-9-21-18(14)24-10-6-13(7-11-24)25-12-16(22-23-25)15-5-1-2-8-20-15/h1-5,8-9,12-13H,6-7,10-11H2,(H2,19,26). The summed E-state index contributed by atoms with van der Waals surface area (Å²) in [4.78, 5) is 22.4. The zero-order valence-electron chi connectivity index (χ0n) is 14.2. The predicted octanol–water partition coefficient (Wildman–Crippen LogP) is 1.68. The molecule has 1 saturated heterocycles. The van der Waals surface area contributed by atoms with Crippen LogP contribution in [0.15, 0.2) is 48.9 Å². The second kappa shape index (κ2) is 6.91. The summed E-state index contributed by atoms with van der Waals surface area (Å²) in [6, 6.07) is 9.43. The maximum Gasteiger partial charge on any atom is 0.252 e. The van der Waals surface area contributed by atoms with Crippen LogP contribution < -0.4 is 10.6 Å². The van der Waals surface area contributed by atoms with E-state index in [1.807, 2.05) is 29.1 Å². The molecule has 1 aliphatic heterocycles. The average Bonchev–Trinajstić information content (AvgIpc) is 3.19. The molecule has 8 nitrogen and oxygen atoms in total. The molecular weight excluding hydrogens is 330 g/mol. The first-order valence-corrected chi connectivity index (χ1v) is 8.55. The molecule has 2 N–H and O–H groups in total. The van der Waals surface area contributed by atoms with Crippen LogP contribution >= 0.6 is 0 Å². The smallest absolute Gasteiger partial charge is 0.252 e. The maximum absolute atomic E-state index is 11.6. The third kappa shape index (κ3) is 3.13. The van der Waals surface area contributed by atoms with Crippen LogP contribution in [0.25, 0.3) is 11.4 Å². The summed E-state index contributed by atoms with van der Waals surface area (Å²) >= 11 is 0. The molecule has 1 amide bonds. The van der Waals surface area contributed by atoms with Crippen LogP contribution in [-0.4, -0.2) is 44.0 Å². The molecule has 0 radical (unpaired) electrons. The monoisotopic (exact) mass is 349 g/mol. The lowest BCUT2D eigenvalue weighted by molar-refractivity contribution is 0.100. The summed E-state index contributed by atoms with van der Waals surface area (Å²) in [5.74, 6) is 0.206. The van der Waals surface area contributed by atoms with Crippen LogP contribution in [0.4, 0.5) is 5.82 Å². The van der Waals surface area contributed by atoms with E-state index in [4.69, 9.17) is 5.73 Å². The van der Waals surface area contributed by atoms with Gasteiger partial charge in [-0.1, -0.05) is 11.3 Å². The number of hydrogen-bond acceptors (Lipinski definition) is 6. The average molecular weight is 349 g/mol. The van der Waals surface area contributed by atoms with Gasteiger partial charge in [0.2, 0.25) is 0 Å². The highest BCUT2D eigenvalue weighted by Crippen LogP contribution is 2.27. The molecule has 0 aromatic carbocycles. The lowest BCUT2D eigenvalue weighted by Crippen LogP contribution is -2.36. The van der Waals surface area contributed by atoms with Crippen LogP contribution in [0, 0.1) is 0 Å². The quantitative estimate of drug-likeness (QED) is 0.769. The molecule has 26 heavy (non-hydrogen) atoms. The molecule has 0 atom stereocenters. The Labute approximate surface area is 150 Å². The van der Waals surface area contributed by atoms with Gasteiger partial charge < -0.3 is 10.6 Å². The van der Waals surface area contributed by atoms with Crippen molar-refractivity contribution in [3.05, 3.63) is 54.5 Å². The zero-order chi connectivity index (χ0) is 17.9. The Kier molecular flexibility index (Phi) is 4.30. The van der Waals surface area contributed by atoms with Gasteiger partial charge in [-0.25, -0.2) is 9.67 Å². The van der Waals surface area contributed by atoms with Crippen molar-refractivity contribution >= 4 is 11.7 Å². The number of rotatable bonds is 4. The summed E-state index contributed by atoms with van der Waals surface area (Å²) < 4.78 is 1.91. The third-order valence-corrected chi connectivity index (χ3v) is 4.63. The van der Waals surface area contributed by atoms with E-state index in [-0.39, 0.29) is 6.04 Å². The van der Waals surface area contributed by atoms with Crippen LogP contribution in [0.5, 0.6) is 0 Å². The number of amides is 1. The first-order chi connectivity index (χ1) is 12.7. The van der Waals surface area contributed by atoms with Crippen molar-refractivity contribution in [2.45, 2.75) is 18.9 Å². The van der Waals surface area contributed by atoms with Crippen molar-refractivity contribution in [2.24, 2.45) is 5.73 Å². The van der Waals surface area contributed by atoms with Crippen LogP contribution in [-0.2, 0) is 0 Å². The van der Waals surface area contributed by atoms with Gasteiger partial charge in [0, 0.05) is 25.5 Å². The zero-order valence-corrected chi connectivity index (χ0v) is 14.2. The van der Waals surface area contributed by atoms with E-state index in [9.17, 15) is 4.79 Å². The fraction of sp³-hybridized carbons (Fsp3) is 0.278. The van der Waals surface area contributed by atoms with Crippen molar-refractivity contribution in [2.75, 3.05) is 18.0 Å². The molecule has 4 rings (SSSR count). The molecule has 4 heterocycles. The number of carbonyl (C=O) groups is 1. The van der Waals surface area contributed by atoms with Gasteiger partial charge in [0.05, 0.1) is 23.5 Å². The Morgan fingerprint density at radius 2 is 1.85 bits per heavy atom. The van der Waals surface area contributed by atoms with Gasteiger partial charge in [-0.3, -0.25) is 9.78 Å². The van der Waals surface area contributed by atoms with Crippen molar-refractivity contribution in [3.8, 4) is 11.4 Å². The molecule has 132 valence electrons. The summed E-state index contributed by atoms with van der Waals surface area (Å²) in [5, 5.41) is 8.52. The molecule has 3 aromatic heterocycles. The van der Waals surface area contributed by atoms with Crippen molar-refractivity contribution < 1.29 is 4.79 Å². The highest BCUT2D eigenvalue weighted by molar-refractivity contribution is 5.97. The molecule has 0 saturated carbocycles. The maximum atomic E-state index is 11.6. The van der Waals surface area contributed by atoms with Gasteiger partial charge in [-0.05, 0) is 37.1 Å². The Morgan fingerprint density at radius 3 is 2.58 bits per heavy atom. The van der Waals surface area contributed by atoms with Gasteiger partial charge in [-0.2, -0.15) is 0 Å². The first-order valence-electron chi connectivity index (χ1n) is 8.55. The largest absolute Gasteiger partial charge is 0.365 e. The Morgan fingerprint density at radius 1 is 1.04 bits per heavy atom. The van der Waals surface area contributed by atoms with E-state index >= 15 is 0 Å². The van der Waals surface area contributed by atoms with E-state index < -0.39 is 5.91 Å². The van der Waals surface area contributed by atoms with Crippen LogP contribution in [0.2, 0.25) is 0 Å². The molecule has 0 aliphatic carbocycles. The number of carbonyl (C=O) groups excluding carboxylic acids is 1. The first kappa shape index (κ1) is 16.2. The third-order valence-electron chi connectivity index (χ3n) is 4.63. The van der Waals surface area contributed by atoms with Crippen molar-refractivity contribution in [3.63, 3.8) is 0 Å². The molecule has 0 bridgehead atoms. The van der Waals surface area contributed by atoms with E-state index in [0.29, 0.717) is 11.4 Å². The number of aromatic nitrogens is 5. The summed E-state index contributed by atoms with van der Waals surface area (Å²) in [7, 11) is 0. The number of hydrogen-bond donors (Lipinski definition) is 1. The van der Waals surface area contributed by atoms with Gasteiger partial charge in [-0.15, -0.1) is 5.10 Å². The Balaban J connectivity index is 1.46. The van der Waals surface area contributed by atoms with Gasteiger partial charge in [0.15, 0.2) is 0 Å². The van der Waals surface area contributed by atoms with Gasteiger partial charge in [0.1, 0.15) is 11.5 Å². The second-order valence-electron chi connectivity index (χ2n) is 6.26. The summed E-state index contributed by atoms with van der Waals surface area (Å²) in [6.45, 7) is 1.56. The number of anilines is 1. The predicted molar refractivity (Wildman–Crippen MR) is 96.5 cm³/mol. The van der Waals surface area contributed by atoms with Crippen LogP contribution in [0.3, 0.4) is 0 Å². The number of nitrogens with zero attached hydrogens (tertiary/aromatic N) is 6. The lowest BCUT2D eigenvalue weighted by atomic mass is 10.0. The van der Waals surface area contributed by atoms with Crippen LogP contribution in [0.1, 0.15) is 29.2 Å². The second-order valence-corrected chi connectivity index (χ2v) is 6.26. The molecule has 0 unspecified atom stereocenters. The molecule has 0 spiro atoms. The van der Waals surface area contributed by atoms with Crippen molar-refractivity contribution in [1.82, 2.24) is 25.0 Å². The highest BCUT2D eigenvalue weighted by Gasteiger charge is 2.25. The Hall–Kier alpha value is -3.29. The number of pyridine rings is 2. The Bertz CT molecular complexity index is 901. The lowest BCUT2D eigenvalue weighted by Gasteiger charge is -2.33. The number of nitrogens with two attached hydrogens (primary N) is 1. The minimum absolute atomic E-state index is 0.261. The number of piperidine rings is 1.